The molecule has 0 saturated heterocycles. The predicted octanol–water partition coefficient (Wildman–Crippen LogP) is 2.33. The van der Waals surface area contributed by atoms with E-state index in [4.69, 9.17) is 0 Å². The van der Waals surface area contributed by atoms with Crippen LogP contribution in [0.4, 0.5) is 11.6 Å². The molecule has 130 valence electrons. The first-order valence-corrected chi connectivity index (χ1v) is 9.59. The minimum atomic E-state index is -3.23. The average molecular weight is 366 g/mol. The molecule has 0 aliphatic carbocycles. The molecule has 4 rings (SSSR count). The highest BCUT2D eigenvalue weighted by Gasteiger charge is 2.11. The molecule has 0 unspecified atom stereocenters. The van der Waals surface area contributed by atoms with Crippen LogP contribution in [0.3, 0.4) is 0 Å². The molecule has 0 aliphatic heterocycles. The lowest BCUT2D eigenvalue weighted by Gasteiger charge is -2.03. The number of rotatable bonds is 4. The number of aromatic nitrogens is 5. The van der Waals surface area contributed by atoms with Gasteiger partial charge in [-0.05, 0) is 42.5 Å². The van der Waals surface area contributed by atoms with Crippen molar-refractivity contribution in [2.75, 3.05) is 11.6 Å². The number of anilines is 2. The summed E-state index contributed by atoms with van der Waals surface area (Å²) in [7, 11) is -3.23. The molecular weight excluding hydrogens is 352 g/mol. The number of sulfone groups is 1. The Kier molecular flexibility index (Phi) is 3.85. The average Bonchev–Trinajstić information content (AvgIpc) is 3.04. The summed E-state index contributed by atoms with van der Waals surface area (Å²) in [4.78, 5) is 13.0. The Balaban J connectivity index is 1.68. The van der Waals surface area contributed by atoms with Crippen LogP contribution in [-0.2, 0) is 9.84 Å². The highest BCUT2D eigenvalue weighted by atomic mass is 32.2. The monoisotopic (exact) mass is 366 g/mol. The third-order valence-electron chi connectivity index (χ3n) is 3.74. The molecule has 0 saturated carbocycles. The van der Waals surface area contributed by atoms with E-state index in [1.807, 2.05) is 18.2 Å². The van der Waals surface area contributed by atoms with Crippen LogP contribution in [0.2, 0.25) is 0 Å². The molecule has 0 spiro atoms. The third kappa shape index (κ3) is 3.11. The number of nitrogens with one attached hydrogen (secondary N) is 1. The minimum absolute atomic E-state index is 0.256. The lowest BCUT2D eigenvalue weighted by molar-refractivity contribution is 0.602. The molecule has 1 N–H and O–H groups in total. The van der Waals surface area contributed by atoms with Crippen molar-refractivity contribution >= 4 is 27.3 Å². The fraction of sp³-hybridized carbons (Fsp3) is 0.0588. The van der Waals surface area contributed by atoms with Gasteiger partial charge in [0.05, 0.1) is 10.6 Å². The van der Waals surface area contributed by atoms with Crippen LogP contribution >= 0.6 is 0 Å². The van der Waals surface area contributed by atoms with Gasteiger partial charge >= 0.3 is 0 Å². The topological polar surface area (TPSA) is 102 Å². The van der Waals surface area contributed by atoms with E-state index in [2.05, 4.69) is 25.4 Å². The number of hydrogen-bond acceptors (Lipinski definition) is 7. The van der Waals surface area contributed by atoms with Crippen molar-refractivity contribution in [3.05, 3.63) is 61.1 Å². The van der Waals surface area contributed by atoms with Crippen LogP contribution in [0.15, 0.2) is 66.0 Å². The molecule has 0 fully saturated rings. The maximum absolute atomic E-state index is 11.5. The van der Waals surface area contributed by atoms with Gasteiger partial charge in [-0.15, -0.1) is 5.10 Å². The van der Waals surface area contributed by atoms with E-state index in [-0.39, 0.29) is 4.90 Å². The first-order chi connectivity index (χ1) is 12.5. The summed E-state index contributed by atoms with van der Waals surface area (Å²) in [6, 6.07) is 12.0. The molecule has 0 atom stereocenters. The van der Waals surface area contributed by atoms with Crippen molar-refractivity contribution in [1.29, 1.82) is 0 Å². The quantitative estimate of drug-likeness (QED) is 0.591. The third-order valence-corrected chi connectivity index (χ3v) is 4.87. The highest BCUT2D eigenvalue weighted by molar-refractivity contribution is 7.90. The highest BCUT2D eigenvalue weighted by Crippen LogP contribution is 2.21. The van der Waals surface area contributed by atoms with E-state index in [0.29, 0.717) is 17.4 Å². The van der Waals surface area contributed by atoms with Gasteiger partial charge in [-0.2, -0.15) is 9.50 Å². The summed E-state index contributed by atoms with van der Waals surface area (Å²) in [6.45, 7) is 0. The molecule has 8 nitrogen and oxygen atoms in total. The van der Waals surface area contributed by atoms with Crippen LogP contribution in [0.5, 0.6) is 0 Å². The number of pyridine rings is 1. The summed E-state index contributed by atoms with van der Waals surface area (Å²) in [5.74, 6) is 0.808. The van der Waals surface area contributed by atoms with Gasteiger partial charge < -0.3 is 5.32 Å². The fourth-order valence-electron chi connectivity index (χ4n) is 2.49. The Hall–Kier alpha value is -3.33. The van der Waals surface area contributed by atoms with Crippen LogP contribution in [0.1, 0.15) is 0 Å². The lowest BCUT2D eigenvalue weighted by Crippen LogP contribution is -1.98. The summed E-state index contributed by atoms with van der Waals surface area (Å²) in [5, 5.41) is 7.50. The molecular formula is C17H14N6O2S. The Morgan fingerprint density at radius 2 is 1.85 bits per heavy atom. The normalized spacial score (nSPS) is 11.6. The predicted molar refractivity (Wildman–Crippen MR) is 96.8 cm³/mol. The van der Waals surface area contributed by atoms with Gasteiger partial charge in [-0.3, -0.25) is 4.98 Å². The maximum Gasteiger partial charge on any atom is 0.254 e. The van der Waals surface area contributed by atoms with Crippen molar-refractivity contribution in [3.63, 3.8) is 0 Å². The summed E-state index contributed by atoms with van der Waals surface area (Å²) in [5.41, 5.74) is 2.39. The zero-order chi connectivity index (χ0) is 18.1. The van der Waals surface area contributed by atoms with Crippen molar-refractivity contribution in [2.45, 2.75) is 4.90 Å². The standard InChI is InChI=1S/C17H14N6O2S/c1-26(24,25)14-6-4-13(5-7-14)20-16-21-17-19-10-8-15(23(17)22-16)12-3-2-9-18-11-12/h2-11H,1H3,(H,20,22). The molecule has 3 aromatic heterocycles. The maximum atomic E-state index is 11.5. The van der Waals surface area contributed by atoms with E-state index in [0.717, 1.165) is 11.3 Å². The summed E-state index contributed by atoms with van der Waals surface area (Å²) in [6.07, 6.45) is 6.28. The van der Waals surface area contributed by atoms with E-state index in [1.165, 1.54) is 18.4 Å². The Morgan fingerprint density at radius 3 is 2.54 bits per heavy atom. The minimum Gasteiger partial charge on any atom is -0.323 e. The molecule has 0 aliphatic rings. The number of nitrogens with zero attached hydrogens (tertiary/aromatic N) is 5. The largest absolute Gasteiger partial charge is 0.323 e. The van der Waals surface area contributed by atoms with E-state index in [9.17, 15) is 8.42 Å². The van der Waals surface area contributed by atoms with Gasteiger partial charge in [0.2, 0.25) is 5.95 Å². The molecule has 0 bridgehead atoms. The summed E-state index contributed by atoms with van der Waals surface area (Å²) >= 11 is 0. The number of benzene rings is 1. The van der Waals surface area contributed by atoms with Crippen molar-refractivity contribution in [1.82, 2.24) is 24.6 Å². The van der Waals surface area contributed by atoms with Gasteiger partial charge in [-0.1, -0.05) is 0 Å². The van der Waals surface area contributed by atoms with E-state index >= 15 is 0 Å². The van der Waals surface area contributed by atoms with Crippen LogP contribution in [0, 0.1) is 0 Å². The SMILES string of the molecule is CS(=O)(=O)c1ccc(Nc2nc3nccc(-c4cccnc4)n3n2)cc1. The second-order valence-electron chi connectivity index (χ2n) is 5.64. The Labute approximate surface area is 149 Å². The molecule has 4 aromatic rings. The molecule has 1 aromatic carbocycles. The lowest BCUT2D eigenvalue weighted by atomic mass is 10.2. The van der Waals surface area contributed by atoms with Gasteiger partial charge in [0.1, 0.15) is 0 Å². The second-order valence-corrected chi connectivity index (χ2v) is 7.66. The van der Waals surface area contributed by atoms with Crippen molar-refractivity contribution < 1.29 is 8.42 Å². The first-order valence-electron chi connectivity index (χ1n) is 7.70. The molecule has 9 heteroatoms. The Morgan fingerprint density at radius 1 is 1.04 bits per heavy atom. The fourth-order valence-corrected chi connectivity index (χ4v) is 3.12. The van der Waals surface area contributed by atoms with Gasteiger partial charge in [-0.25, -0.2) is 13.4 Å². The zero-order valence-electron chi connectivity index (χ0n) is 13.7. The van der Waals surface area contributed by atoms with Crippen LogP contribution < -0.4 is 5.32 Å². The van der Waals surface area contributed by atoms with Gasteiger partial charge in [0, 0.05) is 36.1 Å². The van der Waals surface area contributed by atoms with Crippen LogP contribution in [-0.4, -0.2) is 39.2 Å². The molecule has 26 heavy (non-hydrogen) atoms. The zero-order valence-corrected chi connectivity index (χ0v) is 14.6. The first kappa shape index (κ1) is 16.2. The van der Waals surface area contributed by atoms with Gasteiger partial charge in [0.15, 0.2) is 9.84 Å². The second kappa shape index (κ2) is 6.19. The van der Waals surface area contributed by atoms with Crippen molar-refractivity contribution in [2.24, 2.45) is 0 Å². The number of fused-ring (bicyclic) bond motifs is 1. The van der Waals surface area contributed by atoms with Crippen molar-refractivity contribution in [3.8, 4) is 11.3 Å². The molecule has 0 radical (unpaired) electrons. The summed E-state index contributed by atoms with van der Waals surface area (Å²) < 4.78 is 24.7. The molecule has 0 amide bonds. The Bertz CT molecular complexity index is 1170. The number of hydrogen-bond donors (Lipinski definition) is 1. The van der Waals surface area contributed by atoms with E-state index in [1.54, 1.807) is 35.2 Å². The smallest absolute Gasteiger partial charge is 0.254 e. The van der Waals surface area contributed by atoms with E-state index < -0.39 is 9.84 Å². The molecule has 3 heterocycles. The van der Waals surface area contributed by atoms with Gasteiger partial charge in [0.25, 0.3) is 5.78 Å². The van der Waals surface area contributed by atoms with Crippen LogP contribution in [0.25, 0.3) is 17.0 Å².